The van der Waals surface area contributed by atoms with E-state index in [-0.39, 0.29) is 17.2 Å². The second-order valence-corrected chi connectivity index (χ2v) is 6.57. The van der Waals surface area contributed by atoms with E-state index in [1.807, 2.05) is 18.2 Å². The van der Waals surface area contributed by atoms with E-state index in [9.17, 15) is 14.0 Å². The van der Waals surface area contributed by atoms with E-state index >= 15 is 0 Å². The van der Waals surface area contributed by atoms with Crippen LogP contribution in [0.1, 0.15) is 26.5 Å². The molecule has 2 N–H and O–H groups in total. The Bertz CT molecular complexity index is 1200. The Labute approximate surface area is 166 Å². The quantitative estimate of drug-likeness (QED) is 0.493. The van der Waals surface area contributed by atoms with Gasteiger partial charge < -0.3 is 15.1 Å². The number of furan rings is 1. The van der Waals surface area contributed by atoms with Crippen LogP contribution in [0.15, 0.2) is 77.2 Å². The molecular weight excluding hydrogens is 371 g/mol. The van der Waals surface area contributed by atoms with Crippen molar-refractivity contribution in [2.24, 2.45) is 0 Å². The van der Waals surface area contributed by atoms with Crippen molar-refractivity contribution in [3.05, 3.63) is 95.5 Å². The van der Waals surface area contributed by atoms with E-state index in [1.54, 1.807) is 43.3 Å². The molecule has 0 saturated carbocycles. The van der Waals surface area contributed by atoms with Crippen LogP contribution in [-0.4, -0.2) is 11.8 Å². The van der Waals surface area contributed by atoms with Gasteiger partial charge in [0.25, 0.3) is 11.8 Å². The van der Waals surface area contributed by atoms with Crippen LogP contribution in [0.2, 0.25) is 0 Å². The van der Waals surface area contributed by atoms with Gasteiger partial charge in [-0.05, 0) is 55.0 Å². The Balaban J connectivity index is 1.49. The van der Waals surface area contributed by atoms with Gasteiger partial charge in [-0.25, -0.2) is 4.39 Å². The van der Waals surface area contributed by atoms with Gasteiger partial charge in [0, 0.05) is 16.8 Å². The van der Waals surface area contributed by atoms with Crippen molar-refractivity contribution in [3.8, 4) is 0 Å². The molecule has 0 aliphatic heterocycles. The summed E-state index contributed by atoms with van der Waals surface area (Å²) in [7, 11) is 0. The van der Waals surface area contributed by atoms with Crippen LogP contribution in [0.25, 0.3) is 11.0 Å². The van der Waals surface area contributed by atoms with E-state index in [4.69, 9.17) is 4.42 Å². The van der Waals surface area contributed by atoms with Crippen molar-refractivity contribution in [1.82, 2.24) is 0 Å². The van der Waals surface area contributed by atoms with E-state index in [2.05, 4.69) is 10.6 Å². The molecule has 4 aromatic rings. The summed E-state index contributed by atoms with van der Waals surface area (Å²) in [6.07, 6.45) is 0. The fourth-order valence-electron chi connectivity index (χ4n) is 3.00. The molecule has 29 heavy (non-hydrogen) atoms. The Morgan fingerprint density at radius 1 is 0.862 bits per heavy atom. The summed E-state index contributed by atoms with van der Waals surface area (Å²) in [5, 5.41) is 6.31. The number of benzene rings is 3. The molecule has 2 amide bonds. The molecule has 0 fully saturated rings. The Kier molecular flexibility index (Phi) is 4.83. The predicted octanol–water partition coefficient (Wildman–Crippen LogP) is 5.38. The lowest BCUT2D eigenvalue weighted by molar-refractivity contribution is 0.0995. The smallest absolute Gasteiger partial charge is 0.291 e. The number of anilines is 2. The van der Waals surface area contributed by atoms with Crippen molar-refractivity contribution in [1.29, 1.82) is 0 Å². The monoisotopic (exact) mass is 388 g/mol. The molecule has 0 aliphatic rings. The first kappa shape index (κ1) is 18.4. The maximum Gasteiger partial charge on any atom is 0.291 e. The van der Waals surface area contributed by atoms with Crippen LogP contribution in [0.3, 0.4) is 0 Å². The van der Waals surface area contributed by atoms with E-state index in [1.165, 1.54) is 18.2 Å². The average molecular weight is 388 g/mol. The van der Waals surface area contributed by atoms with Gasteiger partial charge in [-0.3, -0.25) is 9.59 Å². The van der Waals surface area contributed by atoms with Crippen molar-refractivity contribution >= 4 is 34.2 Å². The Morgan fingerprint density at radius 2 is 1.62 bits per heavy atom. The number of hydrogen-bond donors (Lipinski definition) is 2. The van der Waals surface area contributed by atoms with Gasteiger partial charge in [0.2, 0.25) is 0 Å². The molecule has 6 heteroatoms. The molecule has 3 aromatic carbocycles. The van der Waals surface area contributed by atoms with Crippen LogP contribution >= 0.6 is 0 Å². The number of nitrogens with one attached hydrogen (secondary N) is 2. The highest BCUT2D eigenvalue weighted by Gasteiger charge is 2.15. The van der Waals surface area contributed by atoms with E-state index < -0.39 is 11.7 Å². The lowest BCUT2D eigenvalue weighted by atomic mass is 10.1. The highest BCUT2D eigenvalue weighted by molar-refractivity contribution is 6.06. The number of para-hydroxylation sites is 1. The number of carbonyl (C=O) groups excluding carboxylic acids is 2. The third kappa shape index (κ3) is 3.87. The maximum atomic E-state index is 13.8. The summed E-state index contributed by atoms with van der Waals surface area (Å²) in [5.74, 6) is -1.28. The van der Waals surface area contributed by atoms with Crippen molar-refractivity contribution in [3.63, 3.8) is 0 Å². The summed E-state index contributed by atoms with van der Waals surface area (Å²) in [5.41, 5.74) is 2.42. The summed E-state index contributed by atoms with van der Waals surface area (Å²) in [4.78, 5) is 24.8. The minimum atomic E-state index is -0.587. The first-order valence-electron chi connectivity index (χ1n) is 8.98. The molecule has 0 radical (unpaired) electrons. The molecule has 144 valence electrons. The lowest BCUT2D eigenvalue weighted by Crippen LogP contribution is -2.15. The molecule has 0 bridgehead atoms. The molecule has 0 unspecified atom stereocenters. The largest absolute Gasteiger partial charge is 0.451 e. The van der Waals surface area contributed by atoms with E-state index in [0.29, 0.717) is 17.0 Å². The summed E-state index contributed by atoms with van der Waals surface area (Å²) in [6, 6.07) is 19.8. The fourth-order valence-corrected chi connectivity index (χ4v) is 3.00. The van der Waals surface area contributed by atoms with Gasteiger partial charge in [0.05, 0.1) is 5.56 Å². The van der Waals surface area contributed by atoms with Gasteiger partial charge in [0.1, 0.15) is 11.4 Å². The second kappa shape index (κ2) is 7.59. The SMILES string of the molecule is Cc1cc(NC(=O)c2ccccc2F)ccc1NC(=O)c1cc2ccccc2o1. The summed E-state index contributed by atoms with van der Waals surface area (Å²) >= 11 is 0. The molecule has 1 heterocycles. The lowest BCUT2D eigenvalue weighted by Gasteiger charge is -2.11. The minimum absolute atomic E-state index is 0.0348. The van der Waals surface area contributed by atoms with Gasteiger partial charge >= 0.3 is 0 Å². The summed E-state index contributed by atoms with van der Waals surface area (Å²) in [6.45, 7) is 1.80. The van der Waals surface area contributed by atoms with Crippen LogP contribution < -0.4 is 10.6 Å². The third-order valence-corrected chi connectivity index (χ3v) is 4.50. The molecule has 0 spiro atoms. The molecule has 0 aliphatic carbocycles. The van der Waals surface area contributed by atoms with Crippen molar-refractivity contribution in [2.75, 3.05) is 10.6 Å². The van der Waals surface area contributed by atoms with Crippen molar-refractivity contribution in [2.45, 2.75) is 6.92 Å². The van der Waals surface area contributed by atoms with Crippen LogP contribution in [0, 0.1) is 12.7 Å². The number of fused-ring (bicyclic) bond motifs is 1. The van der Waals surface area contributed by atoms with Crippen LogP contribution in [0.4, 0.5) is 15.8 Å². The average Bonchev–Trinajstić information content (AvgIpc) is 3.15. The Morgan fingerprint density at radius 3 is 2.38 bits per heavy atom. The first-order chi connectivity index (χ1) is 14.0. The number of hydrogen-bond acceptors (Lipinski definition) is 3. The first-order valence-corrected chi connectivity index (χ1v) is 8.98. The normalized spacial score (nSPS) is 10.7. The van der Waals surface area contributed by atoms with E-state index in [0.717, 1.165) is 10.9 Å². The topological polar surface area (TPSA) is 71.3 Å². The number of rotatable bonds is 4. The molecule has 0 atom stereocenters. The highest BCUT2D eigenvalue weighted by Crippen LogP contribution is 2.23. The highest BCUT2D eigenvalue weighted by atomic mass is 19.1. The van der Waals surface area contributed by atoms with Crippen LogP contribution in [-0.2, 0) is 0 Å². The minimum Gasteiger partial charge on any atom is -0.451 e. The molecule has 0 saturated heterocycles. The summed E-state index contributed by atoms with van der Waals surface area (Å²) < 4.78 is 19.3. The molecular formula is C23H17FN2O3. The van der Waals surface area contributed by atoms with Crippen LogP contribution in [0.5, 0.6) is 0 Å². The second-order valence-electron chi connectivity index (χ2n) is 6.57. The number of amides is 2. The van der Waals surface area contributed by atoms with Gasteiger partial charge in [0.15, 0.2) is 5.76 Å². The Hall–Kier alpha value is -3.93. The molecule has 1 aromatic heterocycles. The third-order valence-electron chi connectivity index (χ3n) is 4.50. The number of aryl methyl sites for hydroxylation is 1. The molecule has 5 nitrogen and oxygen atoms in total. The molecule has 4 rings (SSSR count). The number of carbonyl (C=O) groups is 2. The van der Waals surface area contributed by atoms with Gasteiger partial charge in [-0.1, -0.05) is 30.3 Å². The zero-order valence-electron chi connectivity index (χ0n) is 15.5. The fraction of sp³-hybridized carbons (Fsp3) is 0.0435. The van der Waals surface area contributed by atoms with Crippen molar-refractivity contribution < 1.29 is 18.4 Å². The maximum absolute atomic E-state index is 13.8. The van der Waals surface area contributed by atoms with Gasteiger partial charge in [-0.2, -0.15) is 0 Å². The zero-order valence-corrected chi connectivity index (χ0v) is 15.5. The zero-order chi connectivity index (χ0) is 20.4. The predicted molar refractivity (Wildman–Crippen MR) is 110 cm³/mol. The standard InChI is InChI=1S/C23H17FN2O3/c1-14-12-16(25-22(27)17-7-3-4-8-18(17)24)10-11-19(14)26-23(28)21-13-15-6-2-5-9-20(15)29-21/h2-13H,1H3,(H,25,27)(H,26,28). The van der Waals surface area contributed by atoms with Gasteiger partial charge in [-0.15, -0.1) is 0 Å². The number of halogens is 1.